The zero-order valence-corrected chi connectivity index (χ0v) is 14.4. The Kier molecular flexibility index (Phi) is 5.48. The molecule has 1 aliphatic heterocycles. The Morgan fingerprint density at radius 3 is 2.80 bits per heavy atom. The lowest BCUT2D eigenvalue weighted by molar-refractivity contribution is -0.154. The Labute approximate surface area is 147 Å². The first kappa shape index (κ1) is 17.2. The molecule has 1 saturated heterocycles. The van der Waals surface area contributed by atoms with Gasteiger partial charge in [-0.1, -0.05) is 30.3 Å². The van der Waals surface area contributed by atoms with Gasteiger partial charge in [-0.3, -0.25) is 9.48 Å². The quantitative estimate of drug-likeness (QED) is 0.757. The number of amides is 1. The number of aromatic nitrogens is 2. The Bertz CT molecular complexity index is 727. The maximum atomic E-state index is 12.5. The number of nitrogens with zero attached hydrogens (tertiary/aromatic N) is 3. The van der Waals surface area contributed by atoms with Crippen LogP contribution in [0, 0.1) is 6.92 Å². The molecule has 1 aromatic carbocycles. The lowest BCUT2D eigenvalue weighted by atomic mass is 10.2. The molecule has 1 unspecified atom stereocenters. The van der Waals surface area contributed by atoms with Crippen molar-refractivity contribution < 1.29 is 14.3 Å². The van der Waals surface area contributed by atoms with Gasteiger partial charge in [-0.2, -0.15) is 5.10 Å². The minimum atomic E-state index is -0.462. The summed E-state index contributed by atoms with van der Waals surface area (Å²) in [5.74, 6) is -0.336. The number of carbonyl (C=O) groups excluding carboxylic acids is 2. The number of esters is 1. The molecular weight excluding hydrogens is 318 g/mol. The second-order valence-corrected chi connectivity index (χ2v) is 6.37. The molecule has 0 bridgehead atoms. The Hall–Kier alpha value is -2.63. The summed E-state index contributed by atoms with van der Waals surface area (Å²) < 4.78 is 7.16. The van der Waals surface area contributed by atoms with E-state index in [4.69, 9.17) is 4.74 Å². The lowest BCUT2D eigenvalue weighted by Crippen LogP contribution is -2.41. The highest BCUT2D eigenvalue weighted by Gasteiger charge is 2.34. The van der Waals surface area contributed by atoms with Crippen molar-refractivity contribution in [2.24, 2.45) is 0 Å². The van der Waals surface area contributed by atoms with Gasteiger partial charge >= 0.3 is 5.97 Å². The number of rotatable bonds is 6. The number of aryl methyl sites for hydroxylation is 2. The van der Waals surface area contributed by atoms with Gasteiger partial charge in [-0.25, -0.2) is 4.79 Å². The van der Waals surface area contributed by atoms with Gasteiger partial charge in [0.15, 0.2) is 0 Å². The van der Waals surface area contributed by atoms with Crippen molar-refractivity contribution in [1.29, 1.82) is 0 Å². The van der Waals surface area contributed by atoms with E-state index < -0.39 is 6.04 Å². The summed E-state index contributed by atoms with van der Waals surface area (Å²) >= 11 is 0. The molecule has 0 saturated carbocycles. The number of hydrogen-bond donors (Lipinski definition) is 0. The fraction of sp³-hybridized carbons (Fsp3) is 0.421. The molecule has 0 spiro atoms. The highest BCUT2D eigenvalue weighted by molar-refractivity contribution is 5.85. The summed E-state index contributed by atoms with van der Waals surface area (Å²) in [7, 11) is 0. The van der Waals surface area contributed by atoms with Crippen LogP contribution in [0.1, 0.15) is 30.4 Å². The summed E-state index contributed by atoms with van der Waals surface area (Å²) in [5.41, 5.74) is 2.01. The third-order valence-electron chi connectivity index (χ3n) is 4.39. The van der Waals surface area contributed by atoms with Crippen LogP contribution in [0.5, 0.6) is 0 Å². The van der Waals surface area contributed by atoms with Gasteiger partial charge in [0.25, 0.3) is 0 Å². The van der Waals surface area contributed by atoms with Crippen molar-refractivity contribution in [3.05, 3.63) is 53.9 Å². The fourth-order valence-electron chi connectivity index (χ4n) is 3.08. The molecule has 1 atom stereocenters. The molecule has 0 aliphatic carbocycles. The third-order valence-corrected chi connectivity index (χ3v) is 4.39. The van der Waals surface area contributed by atoms with Crippen LogP contribution in [0.15, 0.2) is 42.7 Å². The van der Waals surface area contributed by atoms with Crippen molar-refractivity contribution in [3.8, 4) is 0 Å². The van der Waals surface area contributed by atoms with Crippen LogP contribution in [-0.2, 0) is 27.5 Å². The van der Waals surface area contributed by atoms with Crippen LogP contribution in [0.25, 0.3) is 0 Å². The predicted octanol–water partition coefficient (Wildman–Crippen LogP) is 2.32. The van der Waals surface area contributed by atoms with E-state index in [1.54, 1.807) is 15.8 Å². The van der Waals surface area contributed by atoms with Gasteiger partial charge in [0.05, 0.1) is 6.20 Å². The van der Waals surface area contributed by atoms with E-state index in [9.17, 15) is 9.59 Å². The number of benzene rings is 1. The maximum Gasteiger partial charge on any atom is 0.329 e. The SMILES string of the molecule is Cc1cnn(CCC(=O)N2CCCC2C(=O)OCc2ccccc2)c1. The van der Waals surface area contributed by atoms with E-state index in [1.165, 1.54) is 0 Å². The van der Waals surface area contributed by atoms with Crippen molar-refractivity contribution >= 4 is 11.9 Å². The molecule has 1 aromatic heterocycles. The molecule has 6 nitrogen and oxygen atoms in total. The lowest BCUT2D eigenvalue weighted by Gasteiger charge is -2.23. The highest BCUT2D eigenvalue weighted by Crippen LogP contribution is 2.20. The summed E-state index contributed by atoms with van der Waals surface area (Å²) in [6.45, 7) is 3.34. The van der Waals surface area contributed by atoms with Crippen LogP contribution in [0.3, 0.4) is 0 Å². The zero-order valence-electron chi connectivity index (χ0n) is 14.4. The fourth-order valence-corrected chi connectivity index (χ4v) is 3.08. The van der Waals surface area contributed by atoms with Crippen molar-refractivity contribution in [3.63, 3.8) is 0 Å². The van der Waals surface area contributed by atoms with E-state index in [1.807, 2.05) is 43.5 Å². The second kappa shape index (κ2) is 7.96. The summed E-state index contributed by atoms with van der Waals surface area (Å²) in [5, 5.41) is 4.19. The van der Waals surface area contributed by atoms with Crippen LogP contribution >= 0.6 is 0 Å². The molecule has 132 valence electrons. The Morgan fingerprint density at radius 1 is 1.28 bits per heavy atom. The monoisotopic (exact) mass is 341 g/mol. The normalized spacial score (nSPS) is 16.8. The van der Waals surface area contributed by atoms with Crippen molar-refractivity contribution in [2.75, 3.05) is 6.54 Å². The Morgan fingerprint density at radius 2 is 2.08 bits per heavy atom. The van der Waals surface area contributed by atoms with Crippen LogP contribution in [-0.4, -0.2) is 39.1 Å². The molecule has 25 heavy (non-hydrogen) atoms. The topological polar surface area (TPSA) is 64.4 Å². The van der Waals surface area contributed by atoms with Gasteiger partial charge in [0.1, 0.15) is 12.6 Å². The molecular formula is C19H23N3O3. The average molecular weight is 341 g/mol. The van der Waals surface area contributed by atoms with Crippen LogP contribution < -0.4 is 0 Å². The van der Waals surface area contributed by atoms with Gasteiger partial charge < -0.3 is 9.64 Å². The van der Waals surface area contributed by atoms with Gasteiger partial charge in [-0.15, -0.1) is 0 Å². The molecule has 1 amide bonds. The van der Waals surface area contributed by atoms with Gasteiger partial charge in [0, 0.05) is 25.7 Å². The summed E-state index contributed by atoms with van der Waals surface area (Å²) in [6.07, 6.45) is 5.51. The first-order valence-electron chi connectivity index (χ1n) is 8.62. The predicted molar refractivity (Wildman–Crippen MR) is 92.6 cm³/mol. The molecule has 2 heterocycles. The van der Waals surface area contributed by atoms with Crippen LogP contribution in [0.4, 0.5) is 0 Å². The molecule has 6 heteroatoms. The zero-order chi connectivity index (χ0) is 17.6. The van der Waals surface area contributed by atoms with E-state index in [0.717, 1.165) is 17.5 Å². The van der Waals surface area contributed by atoms with Gasteiger partial charge in [0.2, 0.25) is 5.91 Å². The smallest absolute Gasteiger partial charge is 0.329 e. The summed E-state index contributed by atoms with van der Waals surface area (Å²) in [4.78, 5) is 26.5. The van der Waals surface area contributed by atoms with E-state index in [-0.39, 0.29) is 18.5 Å². The Balaban J connectivity index is 1.52. The molecule has 0 radical (unpaired) electrons. The molecule has 1 aliphatic rings. The minimum absolute atomic E-state index is 0.0210. The van der Waals surface area contributed by atoms with Crippen molar-refractivity contribution in [2.45, 2.75) is 45.4 Å². The van der Waals surface area contributed by atoms with Crippen molar-refractivity contribution in [1.82, 2.24) is 14.7 Å². The minimum Gasteiger partial charge on any atom is -0.459 e. The molecule has 1 fully saturated rings. The number of ether oxygens (including phenoxy) is 1. The first-order chi connectivity index (χ1) is 12.1. The van der Waals surface area contributed by atoms with Gasteiger partial charge in [-0.05, 0) is 30.9 Å². The third kappa shape index (κ3) is 4.47. The summed E-state index contributed by atoms with van der Waals surface area (Å²) in [6, 6.07) is 9.10. The molecule has 0 N–H and O–H groups in total. The standard InChI is InChI=1S/C19H23N3O3/c1-15-12-20-21(13-15)11-9-18(23)22-10-5-8-17(22)19(24)25-14-16-6-3-2-4-7-16/h2-4,6-7,12-13,17H,5,8-11,14H2,1H3. The number of likely N-dealkylation sites (tertiary alicyclic amines) is 1. The number of carbonyl (C=O) groups is 2. The molecule has 3 rings (SSSR count). The van der Waals surface area contributed by atoms with E-state index >= 15 is 0 Å². The largest absolute Gasteiger partial charge is 0.459 e. The van der Waals surface area contributed by atoms with Crippen LogP contribution in [0.2, 0.25) is 0 Å². The van der Waals surface area contributed by atoms with E-state index in [2.05, 4.69) is 5.10 Å². The number of hydrogen-bond acceptors (Lipinski definition) is 4. The van der Waals surface area contributed by atoms with E-state index in [0.29, 0.717) is 25.9 Å². The highest BCUT2D eigenvalue weighted by atomic mass is 16.5. The maximum absolute atomic E-state index is 12.5. The average Bonchev–Trinajstić information content (AvgIpc) is 3.27. The second-order valence-electron chi connectivity index (χ2n) is 6.37. The molecule has 2 aromatic rings. The first-order valence-corrected chi connectivity index (χ1v) is 8.62.